The Labute approximate surface area is 525 Å². The van der Waals surface area contributed by atoms with Crippen LogP contribution in [0, 0.1) is 104 Å². The largest absolute Gasteiger partial charge is 0.139 e. The van der Waals surface area contributed by atoms with E-state index in [2.05, 4.69) is 243 Å². The Hall–Kier alpha value is -2.28. The molecule has 0 aliphatic carbocycles. The van der Waals surface area contributed by atoms with E-state index in [-0.39, 0.29) is 0 Å². The molecule has 0 amide bonds. The zero-order chi connectivity index (χ0) is 61.8. The van der Waals surface area contributed by atoms with Crippen molar-refractivity contribution in [2.45, 2.75) is 104 Å². The molecule has 33 heteroatoms. The predicted octanol–water partition coefficient (Wildman–Crippen LogP) is -14.8. The Morgan fingerprint density at radius 2 is 0.671 bits per heavy atom. The molecule has 380 valence electrons. The summed E-state index contributed by atoms with van der Waals surface area (Å²) in [6, 6.07) is 0. The highest BCUT2D eigenvalue weighted by Crippen LogP contribution is 2.50. The second kappa shape index (κ2) is 25.4. The van der Waals surface area contributed by atoms with Gasteiger partial charge in [-0.05, 0) is 253 Å². The van der Waals surface area contributed by atoms with Gasteiger partial charge in [0, 0.05) is 45.4 Å². The molecule has 7 rings (SSSR count). The van der Waals surface area contributed by atoms with Gasteiger partial charge in [0.1, 0.15) is 15.0 Å². The number of hydrogen-bond acceptors (Lipinski definition) is 0. The molecule has 7 aromatic carbocycles. The molecule has 0 atom stereocenters. The topological polar surface area (TPSA) is 0 Å². The van der Waals surface area contributed by atoms with Crippen LogP contribution in [0.15, 0.2) is 0 Å². The summed E-state index contributed by atoms with van der Waals surface area (Å²) >= 11 is 0. The van der Waals surface area contributed by atoms with E-state index in [4.69, 9.17) is 0 Å². The highest BCUT2D eigenvalue weighted by Gasteiger charge is 2.43. The lowest BCUT2D eigenvalue weighted by molar-refractivity contribution is 1.22. The van der Waals surface area contributed by atoms with Gasteiger partial charge in [-0.15, -0.1) is 10.9 Å². The van der Waals surface area contributed by atoms with Crippen LogP contribution in [0.1, 0.15) is 83.5 Å². The van der Waals surface area contributed by atoms with Crippen LogP contribution in [0.3, 0.4) is 0 Å². The molecule has 0 unspecified atom stereocenters. The van der Waals surface area contributed by atoms with E-state index < -0.39 is 0 Å². The van der Waals surface area contributed by atoms with Gasteiger partial charge in [0.05, 0.1) is 178 Å². The van der Waals surface area contributed by atoms with E-state index in [9.17, 15) is 0 Å². The van der Waals surface area contributed by atoms with Gasteiger partial charge in [0.25, 0.3) is 0 Å². The average Bonchev–Trinajstić information content (AvgIpc) is 1.31. The first kappa shape index (κ1) is 67.2. The summed E-state index contributed by atoms with van der Waals surface area (Å²) in [5.74, 6) is 0. The van der Waals surface area contributed by atoms with Crippen LogP contribution in [0.25, 0.3) is 65.3 Å². The molecule has 0 aliphatic heterocycles. The summed E-state index contributed by atoms with van der Waals surface area (Å²) in [5.41, 5.74) is 39.2. The molecule has 0 radical (unpaired) electrons. The normalized spacial score (nSPS) is 11.3. The SMILES string of the molecule is BBB(B)B(B(B)B)c1c(B(B(B)B)B(B)B)c(B(BB)B(B)B)c(B(B)B(B)B)c2c(B(B)BB)c(-c3c(C)c(C)c(C)c4c(C)c5c(-c6c(C)c(C)c7c(C)c(C)c(C)c(C)c7c6C)c(C)c(C)c(C)c5c(C)c34)c(BB)c(B)c12. The van der Waals surface area contributed by atoms with Crippen molar-refractivity contribution < 1.29 is 0 Å². The van der Waals surface area contributed by atoms with Crippen molar-refractivity contribution in [2.24, 2.45) is 0 Å². The number of rotatable bonds is 17. The molecule has 0 saturated heterocycles. The highest BCUT2D eigenvalue weighted by atomic mass is 14.3. The molecular formula is C49H85B33. The Morgan fingerprint density at radius 1 is 0.280 bits per heavy atom. The van der Waals surface area contributed by atoms with Crippen molar-refractivity contribution in [3.8, 4) is 22.3 Å². The van der Waals surface area contributed by atoms with Crippen LogP contribution in [-0.4, -0.2) is 239 Å². The van der Waals surface area contributed by atoms with Crippen molar-refractivity contribution in [3.63, 3.8) is 0 Å². The minimum absolute atomic E-state index is 0.331. The van der Waals surface area contributed by atoms with Gasteiger partial charge >= 0.3 is 0 Å². The van der Waals surface area contributed by atoms with Crippen LogP contribution in [0.2, 0.25) is 0 Å². The Kier molecular flexibility index (Phi) is 20.9. The van der Waals surface area contributed by atoms with Crippen molar-refractivity contribution >= 4 is 320 Å². The fourth-order valence-electron chi connectivity index (χ4n) is 17.7. The summed E-state index contributed by atoms with van der Waals surface area (Å²) in [5, 5.41) is 12.1. The van der Waals surface area contributed by atoms with E-state index in [0.29, 0.717) is 70.8 Å². The number of aryl methyl sites for hydroxylation is 8. The molecule has 0 saturated carbocycles. The fraction of sp³-hybridized carbons (Fsp3) is 0.306. The zero-order valence-electron chi connectivity index (χ0n) is 59.2. The Balaban J connectivity index is 1.93. The third-order valence-corrected chi connectivity index (χ3v) is 23.4. The highest BCUT2D eigenvalue weighted by molar-refractivity contribution is 7.89. The quantitative estimate of drug-likeness (QED) is 0.0630. The lowest BCUT2D eigenvalue weighted by Crippen LogP contribution is -2.80. The van der Waals surface area contributed by atoms with Gasteiger partial charge in [0.2, 0.25) is 0 Å². The molecule has 0 heterocycles. The fourth-order valence-corrected chi connectivity index (χ4v) is 17.7. The summed E-state index contributed by atoms with van der Waals surface area (Å²) in [6.45, 7) is 38.6. The maximum Gasteiger partial charge on any atom is 0.139 e. The molecule has 0 nitrogen and oxygen atoms in total. The molecule has 7 aromatic rings. The summed E-state index contributed by atoms with van der Waals surface area (Å²) in [6.07, 6.45) is 3.02. The monoisotopic (exact) mass is 1040 g/mol. The second-order valence-corrected chi connectivity index (χ2v) is 29.2. The van der Waals surface area contributed by atoms with Crippen molar-refractivity contribution in [3.05, 3.63) is 83.5 Å². The molecule has 0 fully saturated rings. The van der Waals surface area contributed by atoms with Crippen LogP contribution < -0.4 is 38.2 Å². The van der Waals surface area contributed by atoms with Gasteiger partial charge in [-0.25, -0.2) is 0 Å². The van der Waals surface area contributed by atoms with E-state index in [0.717, 1.165) is 21.3 Å². The minimum atomic E-state index is 0.331. The van der Waals surface area contributed by atoms with Gasteiger partial charge in [-0.2, -0.15) is 0 Å². The smallest absolute Gasteiger partial charge is 0.113 e. The maximum atomic E-state index is 2.64. The minimum Gasteiger partial charge on any atom is -0.113 e. The third kappa shape index (κ3) is 10.4. The lowest BCUT2D eigenvalue weighted by atomic mass is 8.66. The van der Waals surface area contributed by atoms with Crippen LogP contribution in [0.4, 0.5) is 0 Å². The second-order valence-electron chi connectivity index (χ2n) is 29.2. The third-order valence-electron chi connectivity index (χ3n) is 23.4. The molecule has 0 aromatic heterocycles. The van der Waals surface area contributed by atoms with Gasteiger partial charge in [-0.1, -0.05) is 27.3 Å². The summed E-state index contributed by atoms with van der Waals surface area (Å²) < 4.78 is 0. The summed E-state index contributed by atoms with van der Waals surface area (Å²) in [7, 11) is 50.4. The van der Waals surface area contributed by atoms with Crippen molar-refractivity contribution in [1.82, 2.24) is 0 Å². The Morgan fingerprint density at radius 3 is 1.05 bits per heavy atom. The van der Waals surface area contributed by atoms with Crippen LogP contribution in [0.5, 0.6) is 0 Å². The summed E-state index contributed by atoms with van der Waals surface area (Å²) in [4.78, 5) is 0. The van der Waals surface area contributed by atoms with Crippen molar-refractivity contribution in [2.75, 3.05) is 0 Å². The maximum absolute atomic E-state index is 2.64. The van der Waals surface area contributed by atoms with E-state index in [1.165, 1.54) is 140 Å². The average molecular weight is 1030 g/mol. The van der Waals surface area contributed by atoms with Gasteiger partial charge in [0.15, 0.2) is 0 Å². The molecule has 82 heavy (non-hydrogen) atoms. The first-order chi connectivity index (χ1) is 38.2. The van der Waals surface area contributed by atoms with Gasteiger partial charge < -0.3 is 0 Å². The molecular weight excluding hydrogens is 945 g/mol. The number of hydrogen-bond donors (Lipinski definition) is 0. The Bertz CT molecular complexity index is 3730. The first-order valence-electron chi connectivity index (χ1n) is 33.4. The lowest BCUT2D eigenvalue weighted by Gasteiger charge is -2.42. The zero-order valence-corrected chi connectivity index (χ0v) is 59.2. The molecule has 0 aliphatic rings. The number of fused-ring (bicyclic) bond motifs is 4. The number of benzene rings is 7. The molecule has 0 N–H and O–H groups in total. The van der Waals surface area contributed by atoms with E-state index in [1.54, 1.807) is 54.6 Å². The molecule has 0 spiro atoms. The first-order valence-corrected chi connectivity index (χ1v) is 33.4. The molecule has 0 bridgehead atoms. The van der Waals surface area contributed by atoms with Crippen molar-refractivity contribution in [1.29, 1.82) is 0 Å². The van der Waals surface area contributed by atoms with Crippen LogP contribution >= 0.6 is 0 Å². The standard InChI is InChI=1S/C49H85B33/c1-16-17(2)21(6)32-28(13)35(27(12)26(11)31(32)20(16)5)36-24(9)18(3)22(7)33-30(15)39-34(29(14)38(33)36)23(8)19(4)25(10)37(39)41-44(68-51)43(50)40-42(45(41)72(55)69-52)46(73(56)77(57)58)48(74(70-53)78(59)60)49(75(79(61)62)80(63)64)47(40)76(81(65)66)82(67)71-54/h68-71H,50-67H2,1-15H3. The van der Waals surface area contributed by atoms with Gasteiger partial charge in [-0.3, -0.25) is 0 Å². The van der Waals surface area contributed by atoms with Crippen LogP contribution in [-0.2, 0) is 0 Å². The van der Waals surface area contributed by atoms with E-state index >= 15 is 0 Å². The predicted molar refractivity (Wildman–Crippen MR) is 462 cm³/mol. The van der Waals surface area contributed by atoms with E-state index in [1.807, 2.05) is 0 Å².